The first-order chi connectivity index (χ1) is 11.2. The van der Waals surface area contributed by atoms with Crippen LogP contribution in [0.3, 0.4) is 0 Å². The van der Waals surface area contributed by atoms with Gasteiger partial charge in [0.15, 0.2) is 0 Å². The van der Waals surface area contributed by atoms with Crippen molar-refractivity contribution in [2.75, 3.05) is 16.8 Å². The molecular weight excluding hydrogens is 290 g/mol. The molecule has 3 amide bonds. The molecule has 1 saturated carbocycles. The highest BCUT2D eigenvalue weighted by atomic mass is 16.2. The minimum atomic E-state index is -0.140. The van der Waals surface area contributed by atoms with Crippen LogP contribution in [-0.4, -0.2) is 24.5 Å². The number of carbonyl (C=O) groups excluding carboxylic acids is 2. The van der Waals surface area contributed by atoms with E-state index in [1.54, 1.807) is 0 Å². The Morgan fingerprint density at radius 2 is 1.74 bits per heavy atom. The molecule has 1 aromatic carbocycles. The fourth-order valence-electron chi connectivity index (χ4n) is 3.40. The quantitative estimate of drug-likeness (QED) is 0.894. The Labute approximate surface area is 137 Å². The molecule has 0 atom stereocenters. The van der Waals surface area contributed by atoms with Gasteiger partial charge in [-0.25, -0.2) is 4.79 Å². The highest BCUT2D eigenvalue weighted by Crippen LogP contribution is 2.23. The lowest BCUT2D eigenvalue weighted by Crippen LogP contribution is -2.39. The van der Waals surface area contributed by atoms with Crippen molar-refractivity contribution in [1.29, 1.82) is 0 Å². The summed E-state index contributed by atoms with van der Waals surface area (Å²) in [5, 5.41) is 5.91. The zero-order valence-corrected chi connectivity index (χ0v) is 13.5. The van der Waals surface area contributed by atoms with E-state index < -0.39 is 0 Å². The van der Waals surface area contributed by atoms with Gasteiger partial charge in [-0.05, 0) is 49.9 Å². The molecule has 0 aromatic heterocycles. The Balaban J connectivity index is 1.54. The predicted molar refractivity (Wildman–Crippen MR) is 91.7 cm³/mol. The lowest BCUT2D eigenvalue weighted by atomic mass is 9.96. The van der Waals surface area contributed by atoms with E-state index in [9.17, 15) is 9.59 Å². The molecule has 0 radical (unpaired) electrons. The maximum absolute atomic E-state index is 12.0. The van der Waals surface area contributed by atoms with Gasteiger partial charge in [0.1, 0.15) is 0 Å². The minimum Gasteiger partial charge on any atom is -0.335 e. The Hall–Kier alpha value is -2.04. The molecule has 2 N–H and O–H groups in total. The number of nitrogens with one attached hydrogen (secondary N) is 2. The summed E-state index contributed by atoms with van der Waals surface area (Å²) in [5.74, 6) is 0.187. The van der Waals surface area contributed by atoms with Gasteiger partial charge in [-0.15, -0.1) is 0 Å². The number of urea groups is 1. The van der Waals surface area contributed by atoms with Gasteiger partial charge in [0.05, 0.1) is 0 Å². The highest BCUT2D eigenvalue weighted by Gasteiger charge is 2.19. The molecule has 2 aliphatic rings. The van der Waals surface area contributed by atoms with Gasteiger partial charge in [0.2, 0.25) is 5.91 Å². The summed E-state index contributed by atoms with van der Waals surface area (Å²) >= 11 is 0. The van der Waals surface area contributed by atoms with Crippen molar-refractivity contribution >= 4 is 23.3 Å². The number of nitrogens with zero attached hydrogens (tertiary/aromatic N) is 1. The Morgan fingerprint density at radius 3 is 2.43 bits per heavy atom. The molecule has 23 heavy (non-hydrogen) atoms. The van der Waals surface area contributed by atoms with Crippen molar-refractivity contribution in [2.24, 2.45) is 0 Å². The SMILES string of the molecule is O=C(Nc1ccc(N2CCCCC2=O)cc1)NC1CCCCC1. The number of rotatable bonds is 3. The molecule has 5 nitrogen and oxygen atoms in total. The fraction of sp³-hybridized carbons (Fsp3) is 0.556. The van der Waals surface area contributed by atoms with Gasteiger partial charge in [-0.3, -0.25) is 4.79 Å². The summed E-state index contributed by atoms with van der Waals surface area (Å²) < 4.78 is 0. The van der Waals surface area contributed by atoms with E-state index in [2.05, 4.69) is 10.6 Å². The number of hydrogen-bond acceptors (Lipinski definition) is 2. The average molecular weight is 315 g/mol. The van der Waals surface area contributed by atoms with Crippen molar-refractivity contribution in [3.05, 3.63) is 24.3 Å². The van der Waals surface area contributed by atoms with E-state index in [0.29, 0.717) is 12.5 Å². The molecule has 124 valence electrons. The third kappa shape index (κ3) is 4.24. The summed E-state index contributed by atoms with van der Waals surface area (Å²) in [5.41, 5.74) is 1.67. The van der Waals surface area contributed by atoms with Gasteiger partial charge in [-0.2, -0.15) is 0 Å². The second-order valence-corrected chi connectivity index (χ2v) is 6.48. The number of anilines is 2. The van der Waals surface area contributed by atoms with Crippen molar-refractivity contribution < 1.29 is 9.59 Å². The minimum absolute atomic E-state index is 0.140. The largest absolute Gasteiger partial charge is 0.335 e. The molecule has 1 heterocycles. The van der Waals surface area contributed by atoms with Crippen LogP contribution in [0.15, 0.2) is 24.3 Å². The van der Waals surface area contributed by atoms with Gasteiger partial charge >= 0.3 is 6.03 Å². The van der Waals surface area contributed by atoms with Gasteiger partial charge in [0.25, 0.3) is 0 Å². The van der Waals surface area contributed by atoms with Crippen molar-refractivity contribution in [3.63, 3.8) is 0 Å². The second-order valence-electron chi connectivity index (χ2n) is 6.48. The molecule has 0 bridgehead atoms. The summed E-state index contributed by atoms with van der Waals surface area (Å²) in [6.45, 7) is 0.785. The van der Waals surface area contributed by atoms with Gasteiger partial charge < -0.3 is 15.5 Å². The first-order valence-electron chi connectivity index (χ1n) is 8.70. The number of carbonyl (C=O) groups is 2. The third-order valence-corrected chi connectivity index (χ3v) is 4.70. The molecule has 0 spiro atoms. The Kier molecular flexibility index (Phi) is 5.16. The van der Waals surface area contributed by atoms with E-state index in [-0.39, 0.29) is 11.9 Å². The lowest BCUT2D eigenvalue weighted by Gasteiger charge is -2.27. The lowest BCUT2D eigenvalue weighted by molar-refractivity contribution is -0.119. The second kappa shape index (κ2) is 7.49. The first-order valence-corrected chi connectivity index (χ1v) is 8.70. The normalized spacial score (nSPS) is 19.5. The van der Waals surface area contributed by atoms with Crippen LogP contribution < -0.4 is 15.5 Å². The molecular formula is C18H25N3O2. The van der Waals surface area contributed by atoms with Crippen LogP contribution in [0, 0.1) is 0 Å². The number of benzene rings is 1. The smallest absolute Gasteiger partial charge is 0.319 e. The molecule has 1 aliphatic carbocycles. The summed E-state index contributed by atoms with van der Waals surface area (Å²) in [6, 6.07) is 7.68. The highest BCUT2D eigenvalue weighted by molar-refractivity contribution is 5.94. The summed E-state index contributed by atoms with van der Waals surface area (Å²) in [6.07, 6.45) is 8.48. The van der Waals surface area contributed by atoms with E-state index in [0.717, 1.165) is 43.6 Å². The van der Waals surface area contributed by atoms with E-state index >= 15 is 0 Å². The molecule has 5 heteroatoms. The van der Waals surface area contributed by atoms with Crippen LogP contribution in [0.1, 0.15) is 51.4 Å². The zero-order chi connectivity index (χ0) is 16.1. The Morgan fingerprint density at radius 1 is 1.00 bits per heavy atom. The molecule has 3 rings (SSSR count). The Bertz CT molecular complexity index is 550. The number of piperidine rings is 1. The topological polar surface area (TPSA) is 61.4 Å². The van der Waals surface area contributed by atoms with E-state index in [1.165, 1.54) is 19.3 Å². The molecule has 1 saturated heterocycles. The summed E-state index contributed by atoms with van der Waals surface area (Å²) in [4.78, 5) is 25.8. The monoisotopic (exact) mass is 315 g/mol. The molecule has 0 unspecified atom stereocenters. The van der Waals surface area contributed by atoms with E-state index in [1.807, 2.05) is 29.2 Å². The van der Waals surface area contributed by atoms with Crippen LogP contribution in [0.25, 0.3) is 0 Å². The molecule has 1 aromatic rings. The maximum Gasteiger partial charge on any atom is 0.319 e. The third-order valence-electron chi connectivity index (χ3n) is 4.70. The van der Waals surface area contributed by atoms with Crippen LogP contribution in [-0.2, 0) is 4.79 Å². The zero-order valence-electron chi connectivity index (χ0n) is 13.5. The van der Waals surface area contributed by atoms with Crippen LogP contribution in [0.4, 0.5) is 16.2 Å². The molecule has 1 aliphatic heterocycles. The van der Waals surface area contributed by atoms with Gasteiger partial charge in [0, 0.05) is 30.4 Å². The fourth-order valence-corrected chi connectivity index (χ4v) is 3.40. The van der Waals surface area contributed by atoms with Crippen LogP contribution >= 0.6 is 0 Å². The van der Waals surface area contributed by atoms with Crippen molar-refractivity contribution in [3.8, 4) is 0 Å². The number of hydrogen-bond donors (Lipinski definition) is 2. The average Bonchev–Trinajstić information content (AvgIpc) is 2.57. The van der Waals surface area contributed by atoms with Crippen molar-refractivity contribution in [2.45, 2.75) is 57.4 Å². The van der Waals surface area contributed by atoms with Crippen molar-refractivity contribution in [1.82, 2.24) is 5.32 Å². The molecule has 2 fully saturated rings. The van der Waals surface area contributed by atoms with Crippen LogP contribution in [0.2, 0.25) is 0 Å². The van der Waals surface area contributed by atoms with E-state index in [4.69, 9.17) is 0 Å². The van der Waals surface area contributed by atoms with Crippen LogP contribution in [0.5, 0.6) is 0 Å². The van der Waals surface area contributed by atoms with Gasteiger partial charge in [-0.1, -0.05) is 19.3 Å². The standard InChI is InChI=1S/C18H25N3O2/c22-17-8-4-5-13-21(17)16-11-9-15(10-12-16)20-18(23)19-14-6-2-1-3-7-14/h9-12,14H,1-8,13H2,(H2,19,20,23). The first kappa shape index (κ1) is 15.8. The number of amides is 3. The summed E-state index contributed by atoms with van der Waals surface area (Å²) in [7, 11) is 0. The predicted octanol–water partition coefficient (Wildman–Crippen LogP) is 3.66. The maximum atomic E-state index is 12.0.